The molecule has 2 N–H and O–H groups in total. The number of nitrogens with one attached hydrogen (secondary N) is 1. The molecule has 0 aliphatic rings. The fraction of sp³-hybridized carbons (Fsp3) is 0.231. The van der Waals surface area contributed by atoms with Crippen LogP contribution in [0.5, 0.6) is 0 Å². The monoisotopic (exact) mass is 308 g/mol. The molecule has 0 bridgehead atoms. The summed E-state index contributed by atoms with van der Waals surface area (Å²) in [6, 6.07) is 5.57. The minimum absolute atomic E-state index is 0.0160. The summed E-state index contributed by atoms with van der Waals surface area (Å²) < 4.78 is 0.944. The third-order valence-electron chi connectivity index (χ3n) is 2.70. The van der Waals surface area contributed by atoms with Crippen molar-refractivity contribution in [3.63, 3.8) is 0 Å². The van der Waals surface area contributed by atoms with Gasteiger partial charge in [0.05, 0.1) is 6.20 Å². The number of aromatic nitrogens is 3. The summed E-state index contributed by atoms with van der Waals surface area (Å²) in [4.78, 5) is 30.8. The van der Waals surface area contributed by atoms with Gasteiger partial charge in [0.1, 0.15) is 11.7 Å². The van der Waals surface area contributed by atoms with E-state index in [9.17, 15) is 9.59 Å². The highest BCUT2D eigenvalue weighted by Gasteiger charge is 2.11. The fourth-order valence-electron chi connectivity index (χ4n) is 1.73. The van der Waals surface area contributed by atoms with E-state index in [1.807, 2.05) is 18.2 Å². The molecule has 110 valence electrons. The minimum atomic E-state index is -1.15. The van der Waals surface area contributed by atoms with Crippen molar-refractivity contribution in [2.45, 2.75) is 13.0 Å². The number of rotatable bonds is 6. The number of carboxylic acids is 1. The lowest BCUT2D eigenvalue weighted by atomic mass is 10.3. The lowest BCUT2D eigenvalue weighted by molar-refractivity contribution is -0.137. The summed E-state index contributed by atoms with van der Waals surface area (Å²) in [6.07, 6.45) is 3.55. The number of halogens is 1. The molecule has 0 unspecified atom stereocenters. The normalized spacial score (nSPS) is 10.3. The summed E-state index contributed by atoms with van der Waals surface area (Å²) in [6.45, 7) is -0.0525. The number of carboxylic acid groups (broad SMARTS) is 1. The van der Waals surface area contributed by atoms with Crippen molar-refractivity contribution < 1.29 is 9.90 Å². The highest BCUT2D eigenvalue weighted by molar-refractivity contribution is 6.29. The molecule has 2 aromatic heterocycles. The van der Waals surface area contributed by atoms with E-state index in [2.05, 4.69) is 15.3 Å². The quantitative estimate of drug-likeness (QED) is 0.827. The van der Waals surface area contributed by atoms with Crippen LogP contribution in [-0.2, 0) is 17.8 Å². The maximum Gasteiger partial charge on any atom is 0.323 e. The van der Waals surface area contributed by atoms with E-state index in [0.29, 0.717) is 13.0 Å². The van der Waals surface area contributed by atoms with Gasteiger partial charge in [0, 0.05) is 24.9 Å². The number of carbonyl (C=O) groups is 1. The smallest absolute Gasteiger partial charge is 0.323 e. The van der Waals surface area contributed by atoms with Crippen LogP contribution < -0.4 is 10.9 Å². The van der Waals surface area contributed by atoms with Crippen molar-refractivity contribution in [2.24, 2.45) is 0 Å². The van der Waals surface area contributed by atoms with Crippen LogP contribution in [0.15, 0.2) is 35.4 Å². The van der Waals surface area contributed by atoms with Crippen molar-refractivity contribution in [3.05, 3.63) is 51.8 Å². The molecule has 2 rings (SSSR count). The van der Waals surface area contributed by atoms with Gasteiger partial charge >= 0.3 is 5.97 Å². The molecular formula is C13H13ClN4O3. The first-order chi connectivity index (χ1) is 10.1. The van der Waals surface area contributed by atoms with Gasteiger partial charge in [0.25, 0.3) is 5.56 Å². The van der Waals surface area contributed by atoms with Gasteiger partial charge in [-0.05, 0) is 12.1 Å². The average Bonchev–Trinajstić information content (AvgIpc) is 2.47. The highest BCUT2D eigenvalue weighted by Crippen LogP contribution is 2.06. The van der Waals surface area contributed by atoms with Gasteiger partial charge in [-0.15, -0.1) is 0 Å². The summed E-state index contributed by atoms with van der Waals surface area (Å²) in [5, 5.41) is 11.6. The van der Waals surface area contributed by atoms with E-state index < -0.39 is 18.1 Å². The van der Waals surface area contributed by atoms with Crippen LogP contribution in [-0.4, -0.2) is 32.2 Å². The Kier molecular flexibility index (Phi) is 4.89. The van der Waals surface area contributed by atoms with Crippen molar-refractivity contribution in [2.75, 3.05) is 11.9 Å². The zero-order chi connectivity index (χ0) is 15.2. The average molecular weight is 309 g/mol. The molecule has 0 atom stereocenters. The number of hydrogen-bond acceptors (Lipinski definition) is 5. The molecule has 8 heteroatoms. The Bertz CT molecular complexity index is 688. The van der Waals surface area contributed by atoms with Crippen molar-refractivity contribution >= 4 is 23.4 Å². The predicted molar refractivity (Wildman–Crippen MR) is 77.6 cm³/mol. The maximum absolute atomic E-state index is 12.0. The molecule has 21 heavy (non-hydrogen) atoms. The Hall–Kier alpha value is -2.41. The molecule has 0 aliphatic heterocycles. The summed E-state index contributed by atoms with van der Waals surface area (Å²) in [7, 11) is 0. The predicted octanol–water partition coefficient (Wildman–Crippen LogP) is 1.03. The summed E-state index contributed by atoms with van der Waals surface area (Å²) in [5.74, 6) is -1.08. The molecule has 0 saturated carbocycles. The fourth-order valence-corrected chi connectivity index (χ4v) is 1.91. The van der Waals surface area contributed by atoms with Crippen LogP contribution in [0.4, 0.5) is 5.82 Å². The molecule has 0 fully saturated rings. The molecule has 0 amide bonds. The molecule has 7 nitrogen and oxygen atoms in total. The second-order valence-electron chi connectivity index (χ2n) is 4.21. The minimum Gasteiger partial charge on any atom is -0.480 e. The standard InChI is InChI=1S/C13H13ClN4O3/c14-10-7-17-12(13(21)18(10)8-11(19)20)16-6-4-9-3-1-2-5-15-9/h1-3,5,7H,4,6,8H2,(H,16,17)(H,19,20). The highest BCUT2D eigenvalue weighted by atomic mass is 35.5. The van der Waals surface area contributed by atoms with Gasteiger partial charge in [0.15, 0.2) is 5.82 Å². The topological polar surface area (TPSA) is 97.1 Å². The van der Waals surface area contributed by atoms with Gasteiger partial charge in [-0.1, -0.05) is 17.7 Å². The third kappa shape index (κ3) is 4.03. The van der Waals surface area contributed by atoms with E-state index >= 15 is 0 Å². The van der Waals surface area contributed by atoms with Crippen LogP contribution in [0.2, 0.25) is 5.15 Å². The van der Waals surface area contributed by atoms with E-state index in [0.717, 1.165) is 10.3 Å². The van der Waals surface area contributed by atoms with Gasteiger partial charge in [-0.2, -0.15) is 0 Å². The SMILES string of the molecule is O=C(O)Cn1c(Cl)cnc(NCCc2ccccn2)c1=O. The Morgan fingerprint density at radius 3 is 2.86 bits per heavy atom. The third-order valence-corrected chi connectivity index (χ3v) is 3.00. The number of nitrogens with zero attached hydrogens (tertiary/aromatic N) is 3. The molecule has 2 heterocycles. The van der Waals surface area contributed by atoms with E-state index in [1.54, 1.807) is 6.20 Å². The van der Waals surface area contributed by atoms with Crippen LogP contribution >= 0.6 is 11.6 Å². The zero-order valence-corrected chi connectivity index (χ0v) is 11.7. The Morgan fingerprint density at radius 1 is 1.38 bits per heavy atom. The summed E-state index contributed by atoms with van der Waals surface area (Å²) in [5.41, 5.74) is 0.316. The van der Waals surface area contributed by atoms with Gasteiger partial charge < -0.3 is 10.4 Å². The Morgan fingerprint density at radius 2 is 2.19 bits per heavy atom. The van der Waals surface area contributed by atoms with Gasteiger partial charge in [-0.3, -0.25) is 19.1 Å². The summed E-state index contributed by atoms with van der Waals surface area (Å²) >= 11 is 5.77. The first-order valence-corrected chi connectivity index (χ1v) is 6.56. The second kappa shape index (κ2) is 6.85. The first-order valence-electron chi connectivity index (χ1n) is 6.19. The maximum atomic E-state index is 12.0. The van der Waals surface area contributed by atoms with E-state index in [1.165, 1.54) is 6.20 Å². The first kappa shape index (κ1) is 15.0. The molecule has 0 aromatic carbocycles. The van der Waals surface area contributed by atoms with Crippen LogP contribution in [0.1, 0.15) is 5.69 Å². The van der Waals surface area contributed by atoms with Crippen LogP contribution in [0.3, 0.4) is 0 Å². The number of anilines is 1. The molecule has 0 aliphatic carbocycles. The number of aliphatic carboxylic acids is 1. The number of hydrogen-bond donors (Lipinski definition) is 2. The van der Waals surface area contributed by atoms with Crippen LogP contribution in [0.25, 0.3) is 0 Å². The van der Waals surface area contributed by atoms with Crippen LogP contribution in [0, 0.1) is 0 Å². The Balaban J connectivity index is 2.07. The van der Waals surface area contributed by atoms with Gasteiger partial charge in [-0.25, -0.2) is 4.98 Å². The molecule has 0 spiro atoms. The lowest BCUT2D eigenvalue weighted by Crippen LogP contribution is -2.28. The Labute approximate surface area is 125 Å². The lowest BCUT2D eigenvalue weighted by Gasteiger charge is -2.09. The number of pyridine rings is 1. The van der Waals surface area contributed by atoms with Crippen molar-refractivity contribution in [3.8, 4) is 0 Å². The molecule has 0 saturated heterocycles. The van der Waals surface area contributed by atoms with E-state index in [4.69, 9.17) is 16.7 Å². The van der Waals surface area contributed by atoms with Crippen molar-refractivity contribution in [1.82, 2.24) is 14.5 Å². The van der Waals surface area contributed by atoms with E-state index in [-0.39, 0.29) is 11.0 Å². The largest absolute Gasteiger partial charge is 0.480 e. The van der Waals surface area contributed by atoms with Gasteiger partial charge in [0.2, 0.25) is 0 Å². The molecule has 2 aromatic rings. The molecular weight excluding hydrogens is 296 g/mol. The zero-order valence-electron chi connectivity index (χ0n) is 11.0. The van der Waals surface area contributed by atoms with Crippen molar-refractivity contribution in [1.29, 1.82) is 0 Å². The second-order valence-corrected chi connectivity index (χ2v) is 4.60. The molecule has 0 radical (unpaired) electrons.